The van der Waals surface area contributed by atoms with E-state index in [1.54, 1.807) is 5.82 Å². The number of hydrogen-bond acceptors (Lipinski definition) is 0. The molecule has 1 heterocycles. The molecule has 0 aliphatic carbocycles. The van der Waals surface area contributed by atoms with E-state index in [0.717, 1.165) is 6.54 Å². The van der Waals surface area contributed by atoms with Crippen LogP contribution >= 0.6 is 0 Å². The maximum Gasteiger partial charge on any atom is 0.256 e. The molecular weight excluding hydrogens is 340 g/mol. The van der Waals surface area contributed by atoms with E-state index in [0.29, 0.717) is 0 Å². The molecule has 2 heteroatoms. The molecule has 0 atom stereocenters. The average Bonchev–Trinajstić information content (AvgIpc) is 3.10. The van der Waals surface area contributed by atoms with Gasteiger partial charge in [0, 0.05) is 6.42 Å². The first-order valence-corrected chi connectivity index (χ1v) is 12.9. The van der Waals surface area contributed by atoms with Crippen LogP contribution in [0.15, 0.2) is 12.4 Å². The number of hydrogen-bond donors (Lipinski definition) is 0. The van der Waals surface area contributed by atoms with E-state index in [9.17, 15) is 0 Å². The molecule has 28 heavy (non-hydrogen) atoms. The number of aryl methyl sites for hydroxylation is 2. The van der Waals surface area contributed by atoms with E-state index in [1.165, 1.54) is 122 Å². The second-order valence-electron chi connectivity index (χ2n) is 8.75. The van der Waals surface area contributed by atoms with Gasteiger partial charge in [-0.1, -0.05) is 104 Å². The summed E-state index contributed by atoms with van der Waals surface area (Å²) in [5.74, 6) is 1.56. The predicted molar refractivity (Wildman–Crippen MR) is 124 cm³/mol. The lowest BCUT2D eigenvalue weighted by Gasteiger charge is -2.05. The largest absolute Gasteiger partial charge is 0.256 e. The molecular formula is C26H51N2+. The van der Waals surface area contributed by atoms with Gasteiger partial charge in [0.25, 0.3) is 5.82 Å². The Kier molecular flexibility index (Phi) is 16.5. The summed E-state index contributed by atoms with van der Waals surface area (Å²) in [7, 11) is 0. The van der Waals surface area contributed by atoms with Crippen molar-refractivity contribution in [1.29, 1.82) is 0 Å². The van der Waals surface area contributed by atoms with Gasteiger partial charge in [0.15, 0.2) is 0 Å². The van der Waals surface area contributed by atoms with E-state index >= 15 is 0 Å². The van der Waals surface area contributed by atoms with Gasteiger partial charge in [-0.05, 0) is 26.2 Å². The average molecular weight is 392 g/mol. The zero-order valence-corrected chi connectivity index (χ0v) is 19.7. The number of aromatic nitrogens is 2. The van der Waals surface area contributed by atoms with Gasteiger partial charge in [0.2, 0.25) is 0 Å². The van der Waals surface area contributed by atoms with E-state index < -0.39 is 0 Å². The highest BCUT2D eigenvalue weighted by molar-refractivity contribution is 4.83. The van der Waals surface area contributed by atoms with Gasteiger partial charge in [-0.3, -0.25) is 0 Å². The van der Waals surface area contributed by atoms with Crippen molar-refractivity contribution in [2.75, 3.05) is 0 Å². The minimum absolute atomic E-state index is 1.11. The lowest BCUT2D eigenvalue weighted by molar-refractivity contribution is -0.704. The number of imidazole rings is 1. The summed E-state index contributed by atoms with van der Waals surface area (Å²) >= 11 is 0. The third kappa shape index (κ3) is 11.9. The topological polar surface area (TPSA) is 8.81 Å². The molecule has 0 aromatic carbocycles. The van der Waals surface area contributed by atoms with Crippen molar-refractivity contribution < 1.29 is 4.57 Å². The van der Waals surface area contributed by atoms with Gasteiger partial charge in [-0.2, -0.15) is 0 Å². The quantitative estimate of drug-likeness (QED) is 0.157. The summed E-state index contributed by atoms with van der Waals surface area (Å²) in [6.45, 7) is 9.20. The standard InChI is InChI=1S/C26H51N2/c1-4-7-9-11-13-14-15-17-19-21-23-28-25-24-27(6-3)26(28)22-20-18-16-12-10-8-5-2/h24-25H,4-23H2,1-3H3/q+1. The summed E-state index contributed by atoms with van der Waals surface area (Å²) in [6.07, 6.45) is 29.9. The summed E-state index contributed by atoms with van der Waals surface area (Å²) in [5, 5.41) is 0. The number of rotatable bonds is 20. The lowest BCUT2D eigenvalue weighted by atomic mass is 10.1. The van der Waals surface area contributed by atoms with E-state index in [2.05, 4.69) is 42.3 Å². The predicted octanol–water partition coefficient (Wildman–Crippen LogP) is 8.01. The highest BCUT2D eigenvalue weighted by Gasteiger charge is 2.15. The second kappa shape index (κ2) is 18.3. The first kappa shape index (κ1) is 25.2. The summed E-state index contributed by atoms with van der Waals surface area (Å²) in [4.78, 5) is 0. The van der Waals surface area contributed by atoms with E-state index in [-0.39, 0.29) is 0 Å². The third-order valence-corrected chi connectivity index (χ3v) is 6.19. The molecule has 0 radical (unpaired) electrons. The minimum atomic E-state index is 1.11. The fourth-order valence-electron chi connectivity index (χ4n) is 4.29. The van der Waals surface area contributed by atoms with Crippen molar-refractivity contribution in [3.63, 3.8) is 0 Å². The fraction of sp³-hybridized carbons (Fsp3) is 0.885. The van der Waals surface area contributed by atoms with Gasteiger partial charge >= 0.3 is 0 Å². The van der Waals surface area contributed by atoms with Gasteiger partial charge in [-0.25, -0.2) is 9.13 Å². The van der Waals surface area contributed by atoms with Crippen molar-refractivity contribution in [2.45, 2.75) is 149 Å². The van der Waals surface area contributed by atoms with Gasteiger partial charge in [0.05, 0.1) is 13.1 Å². The highest BCUT2D eigenvalue weighted by Crippen LogP contribution is 2.12. The molecule has 0 aliphatic rings. The van der Waals surface area contributed by atoms with Crippen molar-refractivity contribution in [1.82, 2.24) is 4.57 Å². The van der Waals surface area contributed by atoms with E-state index in [1.807, 2.05) is 0 Å². The van der Waals surface area contributed by atoms with Crippen molar-refractivity contribution in [2.24, 2.45) is 0 Å². The second-order valence-corrected chi connectivity index (χ2v) is 8.75. The van der Waals surface area contributed by atoms with Crippen LogP contribution in [0.3, 0.4) is 0 Å². The first-order chi connectivity index (χ1) is 13.8. The molecule has 1 aromatic rings. The van der Waals surface area contributed by atoms with Crippen molar-refractivity contribution in [3.05, 3.63) is 18.2 Å². The molecule has 0 saturated heterocycles. The Morgan fingerprint density at radius 3 is 1.57 bits per heavy atom. The Labute approximate surface area is 177 Å². The van der Waals surface area contributed by atoms with Crippen molar-refractivity contribution in [3.8, 4) is 0 Å². The minimum Gasteiger partial charge on any atom is -0.235 e. The lowest BCUT2D eigenvalue weighted by Crippen LogP contribution is -2.37. The molecule has 0 spiro atoms. The van der Waals surface area contributed by atoms with E-state index in [4.69, 9.17) is 0 Å². The number of nitrogens with zero attached hydrogens (tertiary/aromatic N) is 2. The maximum atomic E-state index is 2.55. The van der Waals surface area contributed by atoms with Crippen LogP contribution in [0.5, 0.6) is 0 Å². The fourth-order valence-corrected chi connectivity index (χ4v) is 4.29. The Balaban J connectivity index is 2.15. The SMILES string of the molecule is CCCCCCCCCCCC[n+]1ccn(CC)c1CCCCCCCCC. The zero-order chi connectivity index (χ0) is 20.3. The monoisotopic (exact) mass is 391 g/mol. The Morgan fingerprint density at radius 1 is 0.607 bits per heavy atom. The molecule has 0 saturated carbocycles. The molecule has 164 valence electrons. The van der Waals surface area contributed by atoms with Gasteiger partial charge in [0.1, 0.15) is 12.4 Å². The maximum absolute atomic E-state index is 2.55. The van der Waals surface area contributed by atoms with Crippen LogP contribution in [0, 0.1) is 0 Å². The molecule has 0 unspecified atom stereocenters. The summed E-state index contributed by atoms with van der Waals surface area (Å²) in [6, 6.07) is 0. The van der Waals surface area contributed by atoms with Crippen LogP contribution in [0.25, 0.3) is 0 Å². The third-order valence-electron chi connectivity index (χ3n) is 6.19. The first-order valence-electron chi connectivity index (χ1n) is 12.9. The summed E-state index contributed by atoms with van der Waals surface area (Å²) in [5.41, 5.74) is 0. The molecule has 0 amide bonds. The van der Waals surface area contributed by atoms with Crippen LogP contribution in [-0.4, -0.2) is 4.57 Å². The van der Waals surface area contributed by atoms with Crippen molar-refractivity contribution >= 4 is 0 Å². The molecule has 0 aliphatic heterocycles. The van der Waals surface area contributed by atoms with Crippen LogP contribution in [-0.2, 0) is 19.5 Å². The van der Waals surface area contributed by atoms with Crippen LogP contribution in [0.1, 0.15) is 136 Å². The number of unbranched alkanes of at least 4 members (excludes halogenated alkanes) is 15. The molecule has 0 fully saturated rings. The highest BCUT2D eigenvalue weighted by atomic mass is 15.1. The molecule has 0 N–H and O–H groups in total. The van der Waals surface area contributed by atoms with Crippen LogP contribution in [0.4, 0.5) is 0 Å². The normalized spacial score (nSPS) is 11.4. The smallest absolute Gasteiger partial charge is 0.235 e. The molecule has 1 aromatic heterocycles. The molecule has 1 rings (SSSR count). The Hall–Kier alpha value is -0.790. The van der Waals surface area contributed by atoms with Gasteiger partial charge < -0.3 is 0 Å². The molecule has 0 bridgehead atoms. The molecule has 2 nitrogen and oxygen atoms in total. The Bertz CT molecular complexity index is 449. The zero-order valence-electron chi connectivity index (χ0n) is 19.7. The Morgan fingerprint density at radius 2 is 1.07 bits per heavy atom. The summed E-state index contributed by atoms with van der Waals surface area (Å²) < 4.78 is 5.01. The van der Waals surface area contributed by atoms with Crippen LogP contribution < -0.4 is 4.57 Å². The van der Waals surface area contributed by atoms with Crippen LogP contribution in [0.2, 0.25) is 0 Å². The van der Waals surface area contributed by atoms with Gasteiger partial charge in [-0.15, -0.1) is 0 Å².